The zero-order valence-electron chi connectivity index (χ0n) is 17.6. The summed E-state index contributed by atoms with van der Waals surface area (Å²) in [5.41, 5.74) is 1.70. The molecule has 31 heavy (non-hydrogen) atoms. The van der Waals surface area contributed by atoms with Crippen LogP contribution in [0.25, 0.3) is 11.3 Å². The Morgan fingerprint density at radius 2 is 1.94 bits per heavy atom. The largest absolute Gasteiger partial charge is 0.342 e. The highest BCUT2D eigenvalue weighted by Gasteiger charge is 2.41. The van der Waals surface area contributed by atoms with Crippen LogP contribution in [0.3, 0.4) is 0 Å². The molecule has 4 heterocycles. The van der Waals surface area contributed by atoms with E-state index in [1.807, 2.05) is 39.8 Å². The van der Waals surface area contributed by atoms with Gasteiger partial charge in [-0.25, -0.2) is 4.98 Å². The Morgan fingerprint density at radius 1 is 1.13 bits per heavy atom. The summed E-state index contributed by atoms with van der Waals surface area (Å²) in [5.74, 6) is 1.76. The van der Waals surface area contributed by atoms with Gasteiger partial charge in [0.05, 0.1) is 5.69 Å². The van der Waals surface area contributed by atoms with E-state index in [-0.39, 0.29) is 23.3 Å². The van der Waals surface area contributed by atoms with Crippen molar-refractivity contribution in [2.75, 3.05) is 13.1 Å². The van der Waals surface area contributed by atoms with Crippen molar-refractivity contribution in [2.45, 2.75) is 45.6 Å². The highest BCUT2D eigenvalue weighted by Crippen LogP contribution is 2.40. The number of hydrogen-bond acceptors (Lipinski definition) is 6. The first-order chi connectivity index (χ1) is 15.0. The van der Waals surface area contributed by atoms with Crippen molar-refractivity contribution in [1.29, 1.82) is 0 Å². The van der Waals surface area contributed by atoms with Crippen molar-refractivity contribution in [3.63, 3.8) is 0 Å². The molecule has 1 spiro atoms. The molecule has 5 rings (SSSR count). The molecule has 1 fully saturated rings. The van der Waals surface area contributed by atoms with E-state index in [2.05, 4.69) is 10.1 Å². The number of nitrogens with zero attached hydrogens (tertiary/aromatic N) is 5. The number of benzene rings is 1. The highest BCUT2D eigenvalue weighted by atomic mass is 16.5. The molecule has 1 atom stereocenters. The van der Waals surface area contributed by atoms with Crippen LogP contribution in [0.1, 0.15) is 36.8 Å². The first-order valence-electron chi connectivity index (χ1n) is 10.7. The third kappa shape index (κ3) is 3.89. The molecule has 0 N–H and O–H groups in total. The van der Waals surface area contributed by atoms with Crippen LogP contribution in [0, 0.1) is 12.3 Å². The van der Waals surface area contributed by atoms with Crippen LogP contribution >= 0.6 is 0 Å². The Morgan fingerprint density at radius 3 is 2.71 bits per heavy atom. The lowest BCUT2D eigenvalue weighted by molar-refractivity contribution is -0.130. The number of rotatable bonds is 3. The third-order valence-electron chi connectivity index (χ3n) is 6.56. The molecule has 160 valence electrons. The average molecular weight is 419 g/mol. The van der Waals surface area contributed by atoms with Crippen molar-refractivity contribution in [3.8, 4) is 11.3 Å². The van der Waals surface area contributed by atoms with Crippen molar-refractivity contribution in [2.24, 2.45) is 5.41 Å². The van der Waals surface area contributed by atoms with Crippen LogP contribution in [-0.4, -0.2) is 43.6 Å². The highest BCUT2D eigenvalue weighted by molar-refractivity contribution is 5.78. The van der Waals surface area contributed by atoms with Gasteiger partial charge < -0.3 is 9.42 Å². The fourth-order valence-electron chi connectivity index (χ4n) is 4.80. The van der Waals surface area contributed by atoms with Crippen LogP contribution in [0.5, 0.6) is 0 Å². The molecule has 2 aliphatic rings. The van der Waals surface area contributed by atoms with E-state index in [1.165, 1.54) is 0 Å². The predicted octanol–water partition coefficient (Wildman–Crippen LogP) is 2.40. The number of likely N-dealkylation sites (tertiary alicyclic amines) is 1. The Hall–Kier alpha value is -3.29. The quantitative estimate of drug-likeness (QED) is 0.647. The minimum absolute atomic E-state index is 0.00130. The number of hydrogen-bond donors (Lipinski definition) is 0. The first kappa shape index (κ1) is 19.7. The summed E-state index contributed by atoms with van der Waals surface area (Å²) in [4.78, 5) is 36.4. The van der Waals surface area contributed by atoms with E-state index in [4.69, 9.17) is 9.51 Å². The Kier molecular flexibility index (Phi) is 4.92. The Labute approximate surface area is 179 Å². The van der Waals surface area contributed by atoms with Gasteiger partial charge >= 0.3 is 0 Å². The molecule has 8 nitrogen and oxygen atoms in total. The molecule has 1 amide bonds. The predicted molar refractivity (Wildman–Crippen MR) is 113 cm³/mol. The number of fused-ring (bicyclic) bond motifs is 1. The minimum atomic E-state index is -0.00130. The second-order valence-electron chi connectivity index (χ2n) is 8.64. The van der Waals surface area contributed by atoms with E-state index < -0.39 is 0 Å². The minimum Gasteiger partial charge on any atom is -0.342 e. The summed E-state index contributed by atoms with van der Waals surface area (Å²) in [6.07, 6.45) is 3.60. The maximum absolute atomic E-state index is 12.8. The zero-order valence-corrected chi connectivity index (χ0v) is 17.6. The van der Waals surface area contributed by atoms with Gasteiger partial charge in [-0.2, -0.15) is 4.98 Å². The standard InChI is InChI=1S/C23H25N5O3/c1-16-24-20(31-26-16)14-21(29)27-11-9-23(15-27)8-7-19-25-18(17-5-3-2-4-6-17)13-22(30)28(19)12-10-23/h2-6,13H,7-12,14-15H2,1H3. The molecule has 8 heteroatoms. The van der Waals surface area contributed by atoms with Gasteiger partial charge in [-0.1, -0.05) is 35.5 Å². The fraction of sp³-hybridized carbons (Fsp3) is 0.435. The van der Waals surface area contributed by atoms with Crippen LogP contribution in [0.4, 0.5) is 0 Å². The molecule has 2 aliphatic heterocycles. The smallest absolute Gasteiger partial charge is 0.254 e. The van der Waals surface area contributed by atoms with Crippen LogP contribution in [-0.2, 0) is 24.2 Å². The Bertz CT molecular complexity index is 1170. The SMILES string of the molecule is Cc1noc(CC(=O)N2CCC3(CCc4nc(-c5ccccc5)cc(=O)n4CC3)C2)n1. The van der Waals surface area contributed by atoms with Crippen molar-refractivity contribution in [1.82, 2.24) is 24.6 Å². The molecule has 1 unspecified atom stereocenters. The number of aromatic nitrogens is 4. The normalized spacial score (nSPS) is 20.6. The topological polar surface area (TPSA) is 94.1 Å². The lowest BCUT2D eigenvalue weighted by atomic mass is 9.80. The van der Waals surface area contributed by atoms with E-state index >= 15 is 0 Å². The van der Waals surface area contributed by atoms with Gasteiger partial charge in [0.25, 0.3) is 5.56 Å². The molecule has 0 aliphatic carbocycles. The van der Waals surface area contributed by atoms with Gasteiger partial charge in [-0.05, 0) is 31.6 Å². The molecule has 0 bridgehead atoms. The number of carbonyl (C=O) groups excluding carboxylic acids is 1. The first-order valence-corrected chi connectivity index (χ1v) is 10.7. The Balaban J connectivity index is 1.31. The monoisotopic (exact) mass is 419 g/mol. The summed E-state index contributed by atoms with van der Waals surface area (Å²) in [6, 6.07) is 11.4. The van der Waals surface area contributed by atoms with Gasteiger partial charge in [0.15, 0.2) is 5.82 Å². The lowest BCUT2D eigenvalue weighted by Crippen LogP contribution is -2.33. The second-order valence-corrected chi connectivity index (χ2v) is 8.64. The molecule has 1 saturated heterocycles. The van der Waals surface area contributed by atoms with E-state index in [0.29, 0.717) is 24.8 Å². The van der Waals surface area contributed by atoms with E-state index in [1.54, 1.807) is 13.0 Å². The number of aryl methyl sites for hydroxylation is 2. The fourth-order valence-corrected chi connectivity index (χ4v) is 4.80. The van der Waals surface area contributed by atoms with Gasteiger partial charge in [-0.15, -0.1) is 0 Å². The molecule has 3 aromatic rings. The summed E-state index contributed by atoms with van der Waals surface area (Å²) < 4.78 is 6.91. The maximum Gasteiger partial charge on any atom is 0.254 e. The molecule has 1 aromatic carbocycles. The van der Waals surface area contributed by atoms with Crippen LogP contribution in [0.15, 0.2) is 45.7 Å². The van der Waals surface area contributed by atoms with Gasteiger partial charge in [-0.3, -0.25) is 14.2 Å². The third-order valence-corrected chi connectivity index (χ3v) is 6.56. The molecule has 0 saturated carbocycles. The van der Waals surface area contributed by atoms with Gasteiger partial charge in [0.1, 0.15) is 12.2 Å². The summed E-state index contributed by atoms with van der Waals surface area (Å²) in [5, 5.41) is 3.76. The molecular formula is C23H25N5O3. The second kappa shape index (κ2) is 7.76. The zero-order chi connectivity index (χ0) is 21.4. The van der Waals surface area contributed by atoms with Crippen LogP contribution < -0.4 is 5.56 Å². The van der Waals surface area contributed by atoms with E-state index in [0.717, 1.165) is 49.3 Å². The molecular weight excluding hydrogens is 394 g/mol. The van der Waals surface area contributed by atoms with Crippen molar-refractivity contribution in [3.05, 3.63) is 64.3 Å². The molecule has 0 radical (unpaired) electrons. The summed E-state index contributed by atoms with van der Waals surface area (Å²) in [7, 11) is 0. The van der Waals surface area contributed by atoms with Crippen LogP contribution in [0.2, 0.25) is 0 Å². The average Bonchev–Trinajstić information content (AvgIpc) is 3.33. The van der Waals surface area contributed by atoms with E-state index in [9.17, 15) is 9.59 Å². The number of amides is 1. The summed E-state index contributed by atoms with van der Waals surface area (Å²) in [6.45, 7) is 3.80. The number of carbonyl (C=O) groups is 1. The lowest BCUT2D eigenvalue weighted by Gasteiger charge is -2.27. The molecule has 2 aromatic heterocycles. The van der Waals surface area contributed by atoms with Gasteiger partial charge in [0.2, 0.25) is 11.8 Å². The van der Waals surface area contributed by atoms with Gasteiger partial charge in [0, 0.05) is 37.7 Å². The maximum atomic E-state index is 12.8. The van der Waals surface area contributed by atoms with Crippen molar-refractivity contribution < 1.29 is 9.32 Å². The van der Waals surface area contributed by atoms with Crippen molar-refractivity contribution >= 4 is 5.91 Å². The summed E-state index contributed by atoms with van der Waals surface area (Å²) >= 11 is 0.